The summed E-state index contributed by atoms with van der Waals surface area (Å²) in [5.41, 5.74) is 1.41. The minimum absolute atomic E-state index is 0.755. The Morgan fingerprint density at radius 3 is 2.90 bits per heavy atom. The summed E-state index contributed by atoms with van der Waals surface area (Å²) in [6, 6.07) is 2.20. The molecule has 10 heavy (non-hydrogen) atoms. The molecule has 0 N–H and O–H groups in total. The van der Waals surface area contributed by atoms with Crippen LogP contribution in [0.15, 0.2) is 11.4 Å². The van der Waals surface area contributed by atoms with Crippen molar-refractivity contribution < 1.29 is 4.74 Å². The van der Waals surface area contributed by atoms with Crippen molar-refractivity contribution in [2.45, 2.75) is 20.0 Å². The van der Waals surface area contributed by atoms with Crippen LogP contribution in [0.1, 0.15) is 17.4 Å². The van der Waals surface area contributed by atoms with Gasteiger partial charge in [-0.05, 0) is 23.4 Å². The van der Waals surface area contributed by atoms with Crippen LogP contribution in [-0.4, -0.2) is 7.11 Å². The average molecular weight is 156 g/mol. The topological polar surface area (TPSA) is 9.23 Å². The highest BCUT2D eigenvalue weighted by Crippen LogP contribution is 2.15. The summed E-state index contributed by atoms with van der Waals surface area (Å²) in [5, 5.41) is 2.19. The Kier molecular flexibility index (Phi) is 2.90. The van der Waals surface area contributed by atoms with Gasteiger partial charge in [-0.2, -0.15) is 0 Å². The SMILES string of the molecule is CCc1csc(COC)c1. The first-order chi connectivity index (χ1) is 4.86. The second kappa shape index (κ2) is 3.74. The van der Waals surface area contributed by atoms with Crippen LogP contribution >= 0.6 is 11.3 Å². The minimum Gasteiger partial charge on any atom is -0.379 e. The van der Waals surface area contributed by atoms with Gasteiger partial charge in [0.05, 0.1) is 6.61 Å². The molecule has 0 radical (unpaired) electrons. The van der Waals surface area contributed by atoms with E-state index in [2.05, 4.69) is 18.4 Å². The number of methoxy groups -OCH3 is 1. The fourth-order valence-corrected chi connectivity index (χ4v) is 1.77. The van der Waals surface area contributed by atoms with Crippen LogP contribution in [0.4, 0.5) is 0 Å². The van der Waals surface area contributed by atoms with Crippen molar-refractivity contribution in [3.8, 4) is 0 Å². The van der Waals surface area contributed by atoms with Crippen molar-refractivity contribution >= 4 is 11.3 Å². The van der Waals surface area contributed by atoms with Gasteiger partial charge in [-0.25, -0.2) is 0 Å². The summed E-state index contributed by atoms with van der Waals surface area (Å²) in [6.45, 7) is 2.92. The molecule has 0 aliphatic heterocycles. The van der Waals surface area contributed by atoms with Gasteiger partial charge in [0.15, 0.2) is 0 Å². The fourth-order valence-electron chi connectivity index (χ4n) is 0.830. The first-order valence-corrected chi connectivity index (χ1v) is 4.30. The van der Waals surface area contributed by atoms with Crippen molar-refractivity contribution in [2.24, 2.45) is 0 Å². The summed E-state index contributed by atoms with van der Waals surface area (Å²) in [6.07, 6.45) is 1.13. The van der Waals surface area contributed by atoms with Crippen LogP contribution in [0.3, 0.4) is 0 Å². The first-order valence-electron chi connectivity index (χ1n) is 3.42. The summed E-state index contributed by atoms with van der Waals surface area (Å²) < 4.78 is 5.00. The van der Waals surface area contributed by atoms with Crippen LogP contribution in [0, 0.1) is 0 Å². The van der Waals surface area contributed by atoms with Crippen molar-refractivity contribution in [2.75, 3.05) is 7.11 Å². The molecule has 1 rings (SSSR count). The summed E-state index contributed by atoms with van der Waals surface area (Å²) >= 11 is 1.77. The second-order valence-electron chi connectivity index (χ2n) is 2.21. The Bertz CT molecular complexity index is 193. The number of thiophene rings is 1. The molecule has 1 heterocycles. The van der Waals surface area contributed by atoms with Crippen LogP contribution < -0.4 is 0 Å². The maximum absolute atomic E-state index is 5.00. The summed E-state index contributed by atoms with van der Waals surface area (Å²) in [4.78, 5) is 1.32. The third-order valence-electron chi connectivity index (χ3n) is 1.40. The molecular weight excluding hydrogens is 144 g/mol. The van der Waals surface area contributed by atoms with E-state index in [1.807, 2.05) is 0 Å². The van der Waals surface area contributed by atoms with Gasteiger partial charge in [0, 0.05) is 12.0 Å². The Morgan fingerprint density at radius 2 is 2.40 bits per heavy atom. The minimum atomic E-state index is 0.755. The van der Waals surface area contributed by atoms with Gasteiger partial charge in [-0.1, -0.05) is 6.92 Å². The van der Waals surface area contributed by atoms with E-state index < -0.39 is 0 Å². The van der Waals surface area contributed by atoms with Gasteiger partial charge in [0.1, 0.15) is 0 Å². The summed E-state index contributed by atoms with van der Waals surface area (Å²) in [7, 11) is 1.73. The molecule has 0 saturated carbocycles. The smallest absolute Gasteiger partial charge is 0.0805 e. The van der Waals surface area contributed by atoms with E-state index in [-0.39, 0.29) is 0 Å². The normalized spacial score (nSPS) is 10.2. The van der Waals surface area contributed by atoms with E-state index in [4.69, 9.17) is 4.74 Å². The lowest BCUT2D eigenvalue weighted by Crippen LogP contribution is -1.80. The number of ether oxygens (including phenoxy) is 1. The molecule has 0 unspecified atom stereocenters. The van der Waals surface area contributed by atoms with Gasteiger partial charge >= 0.3 is 0 Å². The maximum atomic E-state index is 5.00. The van der Waals surface area contributed by atoms with E-state index in [0.717, 1.165) is 13.0 Å². The Morgan fingerprint density at radius 1 is 1.60 bits per heavy atom. The second-order valence-corrected chi connectivity index (χ2v) is 3.20. The molecule has 1 aromatic heterocycles. The molecule has 1 aromatic rings. The first kappa shape index (κ1) is 7.76. The quantitative estimate of drug-likeness (QED) is 0.653. The highest BCUT2D eigenvalue weighted by Gasteiger charge is 1.95. The lowest BCUT2D eigenvalue weighted by atomic mass is 10.2. The zero-order valence-corrected chi connectivity index (χ0v) is 7.20. The Hall–Kier alpha value is -0.340. The van der Waals surface area contributed by atoms with E-state index in [1.54, 1.807) is 18.4 Å². The predicted molar refractivity (Wildman–Crippen MR) is 44.4 cm³/mol. The van der Waals surface area contributed by atoms with E-state index in [1.165, 1.54) is 10.4 Å². The van der Waals surface area contributed by atoms with Gasteiger partial charge < -0.3 is 4.74 Å². The van der Waals surface area contributed by atoms with Crippen LogP contribution in [0.5, 0.6) is 0 Å². The molecule has 0 aliphatic carbocycles. The number of hydrogen-bond donors (Lipinski definition) is 0. The monoisotopic (exact) mass is 156 g/mol. The number of hydrogen-bond acceptors (Lipinski definition) is 2. The molecule has 0 saturated heterocycles. The van der Waals surface area contributed by atoms with Gasteiger partial charge in [-0.3, -0.25) is 0 Å². The zero-order valence-electron chi connectivity index (χ0n) is 6.39. The molecule has 0 aromatic carbocycles. The maximum Gasteiger partial charge on any atom is 0.0805 e. The zero-order chi connectivity index (χ0) is 7.40. The molecule has 0 aliphatic rings. The largest absolute Gasteiger partial charge is 0.379 e. The molecule has 0 spiro atoms. The lowest BCUT2D eigenvalue weighted by molar-refractivity contribution is 0.187. The highest BCUT2D eigenvalue weighted by molar-refractivity contribution is 7.10. The number of aryl methyl sites for hydroxylation is 1. The average Bonchev–Trinajstić information content (AvgIpc) is 2.37. The molecule has 1 nitrogen and oxygen atoms in total. The van der Waals surface area contributed by atoms with E-state index in [0.29, 0.717) is 0 Å². The molecule has 0 amide bonds. The molecular formula is C8H12OS. The molecule has 56 valence electrons. The fraction of sp³-hybridized carbons (Fsp3) is 0.500. The van der Waals surface area contributed by atoms with Crippen molar-refractivity contribution in [3.05, 3.63) is 21.9 Å². The van der Waals surface area contributed by atoms with Crippen molar-refractivity contribution in [3.63, 3.8) is 0 Å². The molecule has 0 bridgehead atoms. The Labute approximate surface area is 65.6 Å². The Balaban J connectivity index is 2.59. The molecule has 0 fully saturated rings. The van der Waals surface area contributed by atoms with E-state index >= 15 is 0 Å². The third kappa shape index (κ3) is 1.82. The van der Waals surface area contributed by atoms with Gasteiger partial charge in [0.25, 0.3) is 0 Å². The van der Waals surface area contributed by atoms with Crippen LogP contribution in [-0.2, 0) is 17.8 Å². The number of rotatable bonds is 3. The highest BCUT2D eigenvalue weighted by atomic mass is 32.1. The van der Waals surface area contributed by atoms with Crippen molar-refractivity contribution in [1.82, 2.24) is 0 Å². The lowest BCUT2D eigenvalue weighted by Gasteiger charge is -1.90. The summed E-state index contributed by atoms with van der Waals surface area (Å²) in [5.74, 6) is 0. The van der Waals surface area contributed by atoms with Crippen LogP contribution in [0.25, 0.3) is 0 Å². The third-order valence-corrected chi connectivity index (χ3v) is 2.36. The molecule has 2 heteroatoms. The standard InChI is InChI=1S/C8H12OS/c1-3-7-4-8(5-9-2)10-6-7/h4,6H,3,5H2,1-2H3. The van der Waals surface area contributed by atoms with Crippen LogP contribution in [0.2, 0.25) is 0 Å². The predicted octanol–water partition coefficient (Wildman–Crippen LogP) is 2.46. The van der Waals surface area contributed by atoms with Crippen molar-refractivity contribution in [1.29, 1.82) is 0 Å². The van der Waals surface area contributed by atoms with Gasteiger partial charge in [-0.15, -0.1) is 11.3 Å². The van der Waals surface area contributed by atoms with Gasteiger partial charge in [0.2, 0.25) is 0 Å². The molecule has 0 atom stereocenters. The van der Waals surface area contributed by atoms with E-state index in [9.17, 15) is 0 Å².